The Labute approximate surface area is 174 Å². The van der Waals surface area contributed by atoms with Crippen molar-refractivity contribution in [3.8, 4) is 0 Å². The molecule has 0 saturated carbocycles. The van der Waals surface area contributed by atoms with Crippen molar-refractivity contribution in [2.45, 2.75) is 46.0 Å². The SMILES string of the molecule is CCCNC(=O)c1ccccc1NC(=O)CCC(=O)CCC(=O)c1ccc(C)s1. The van der Waals surface area contributed by atoms with Crippen molar-refractivity contribution in [3.05, 3.63) is 51.7 Å². The van der Waals surface area contributed by atoms with E-state index >= 15 is 0 Å². The van der Waals surface area contributed by atoms with Crippen LogP contribution in [0.25, 0.3) is 0 Å². The van der Waals surface area contributed by atoms with Crippen LogP contribution in [0.15, 0.2) is 36.4 Å². The fourth-order valence-corrected chi connectivity index (χ4v) is 3.51. The third-order valence-corrected chi connectivity index (χ3v) is 5.30. The number of hydrogen-bond donors (Lipinski definition) is 2. The number of amides is 2. The van der Waals surface area contributed by atoms with E-state index in [1.807, 2.05) is 19.9 Å². The van der Waals surface area contributed by atoms with Crippen molar-refractivity contribution >= 4 is 40.4 Å². The predicted octanol–water partition coefficient (Wildman–Crippen LogP) is 4.15. The molecule has 0 aliphatic rings. The van der Waals surface area contributed by atoms with E-state index in [1.54, 1.807) is 30.3 Å². The number of aryl methyl sites for hydroxylation is 1. The minimum absolute atomic E-state index is 0.00997. The molecule has 0 bridgehead atoms. The standard InChI is InChI=1S/C22H26N2O4S/c1-3-14-23-22(28)17-6-4-5-7-18(17)24-21(27)13-10-16(25)9-11-19(26)20-12-8-15(2)29-20/h4-8,12H,3,9-11,13-14H2,1-2H3,(H,23,28)(H,24,27). The lowest BCUT2D eigenvalue weighted by molar-refractivity contribution is -0.122. The maximum absolute atomic E-state index is 12.2. The number of carbonyl (C=O) groups is 4. The minimum Gasteiger partial charge on any atom is -0.352 e. The lowest BCUT2D eigenvalue weighted by Crippen LogP contribution is -2.25. The number of rotatable bonds is 11. The van der Waals surface area contributed by atoms with Gasteiger partial charge in [0.05, 0.1) is 16.1 Å². The summed E-state index contributed by atoms with van der Waals surface area (Å²) in [5.41, 5.74) is 0.805. The summed E-state index contributed by atoms with van der Waals surface area (Å²) in [6.07, 6.45) is 1.17. The van der Waals surface area contributed by atoms with Gasteiger partial charge in [-0.3, -0.25) is 19.2 Å². The summed E-state index contributed by atoms with van der Waals surface area (Å²) in [6, 6.07) is 10.4. The Morgan fingerprint density at radius 3 is 2.34 bits per heavy atom. The molecular formula is C22H26N2O4S. The van der Waals surface area contributed by atoms with E-state index in [-0.39, 0.29) is 49.1 Å². The quantitative estimate of drug-likeness (QED) is 0.540. The number of Topliss-reactive ketones (excluding diaryl/α,β-unsaturated/α-hetero) is 2. The molecule has 2 N–H and O–H groups in total. The molecule has 154 valence electrons. The van der Waals surface area contributed by atoms with E-state index in [0.29, 0.717) is 22.7 Å². The minimum atomic E-state index is -0.339. The molecule has 0 atom stereocenters. The molecule has 2 rings (SSSR count). The molecule has 0 aliphatic heterocycles. The Balaban J connectivity index is 1.80. The second kappa shape index (κ2) is 11.3. The summed E-state index contributed by atoms with van der Waals surface area (Å²) in [7, 11) is 0. The van der Waals surface area contributed by atoms with Crippen LogP contribution in [-0.4, -0.2) is 29.9 Å². The molecule has 7 heteroatoms. The fraction of sp³-hybridized carbons (Fsp3) is 0.364. The van der Waals surface area contributed by atoms with Crippen molar-refractivity contribution in [1.82, 2.24) is 5.32 Å². The second-order valence-electron chi connectivity index (χ2n) is 6.72. The van der Waals surface area contributed by atoms with Crippen LogP contribution in [0.5, 0.6) is 0 Å². The zero-order chi connectivity index (χ0) is 21.2. The first-order valence-electron chi connectivity index (χ1n) is 9.69. The van der Waals surface area contributed by atoms with Gasteiger partial charge in [0, 0.05) is 37.1 Å². The summed E-state index contributed by atoms with van der Waals surface area (Å²) >= 11 is 1.42. The van der Waals surface area contributed by atoms with Gasteiger partial charge in [-0.1, -0.05) is 19.1 Å². The molecule has 0 radical (unpaired) electrons. The lowest BCUT2D eigenvalue weighted by atomic mass is 10.1. The third kappa shape index (κ3) is 7.27. The molecule has 0 saturated heterocycles. The Bertz CT molecular complexity index is 888. The molecular weight excluding hydrogens is 388 g/mol. The molecule has 2 aromatic rings. The summed E-state index contributed by atoms with van der Waals surface area (Å²) < 4.78 is 0. The number of benzene rings is 1. The van der Waals surface area contributed by atoms with Gasteiger partial charge in [-0.25, -0.2) is 0 Å². The van der Waals surface area contributed by atoms with E-state index < -0.39 is 0 Å². The van der Waals surface area contributed by atoms with Crippen LogP contribution in [0.4, 0.5) is 5.69 Å². The van der Waals surface area contributed by atoms with Gasteiger partial charge >= 0.3 is 0 Å². The number of hydrogen-bond acceptors (Lipinski definition) is 5. The molecule has 2 amide bonds. The van der Waals surface area contributed by atoms with Gasteiger partial charge in [0.2, 0.25) is 5.91 Å². The zero-order valence-electron chi connectivity index (χ0n) is 16.7. The van der Waals surface area contributed by atoms with Gasteiger partial charge in [-0.15, -0.1) is 11.3 Å². The van der Waals surface area contributed by atoms with Gasteiger partial charge in [-0.05, 0) is 37.6 Å². The molecule has 0 spiro atoms. The molecule has 29 heavy (non-hydrogen) atoms. The Kier molecular flexibility index (Phi) is 8.73. The van der Waals surface area contributed by atoms with Crippen molar-refractivity contribution in [3.63, 3.8) is 0 Å². The highest BCUT2D eigenvalue weighted by molar-refractivity contribution is 7.14. The average Bonchev–Trinajstić information content (AvgIpc) is 3.15. The van der Waals surface area contributed by atoms with E-state index in [4.69, 9.17) is 0 Å². The summed E-state index contributed by atoms with van der Waals surface area (Å²) in [4.78, 5) is 50.2. The number of para-hydroxylation sites is 1. The van der Waals surface area contributed by atoms with Gasteiger partial charge in [0.15, 0.2) is 5.78 Å². The van der Waals surface area contributed by atoms with Crippen LogP contribution in [0.1, 0.15) is 63.9 Å². The smallest absolute Gasteiger partial charge is 0.253 e. The first-order valence-corrected chi connectivity index (χ1v) is 10.5. The van der Waals surface area contributed by atoms with Crippen LogP contribution in [-0.2, 0) is 9.59 Å². The Morgan fingerprint density at radius 2 is 1.66 bits per heavy atom. The molecule has 0 aliphatic carbocycles. The predicted molar refractivity (Wildman–Crippen MR) is 115 cm³/mol. The molecule has 1 aromatic heterocycles. The van der Waals surface area contributed by atoms with E-state index in [1.165, 1.54) is 11.3 Å². The van der Waals surface area contributed by atoms with E-state index in [2.05, 4.69) is 10.6 Å². The summed E-state index contributed by atoms with van der Waals surface area (Å²) in [5.74, 6) is -0.765. The van der Waals surface area contributed by atoms with Crippen LogP contribution in [0, 0.1) is 6.92 Å². The Hall–Kier alpha value is -2.80. The van der Waals surface area contributed by atoms with Crippen LogP contribution < -0.4 is 10.6 Å². The average molecular weight is 415 g/mol. The second-order valence-corrected chi connectivity index (χ2v) is 8.01. The molecule has 1 aromatic carbocycles. The largest absolute Gasteiger partial charge is 0.352 e. The number of nitrogens with one attached hydrogen (secondary N) is 2. The number of carbonyl (C=O) groups excluding carboxylic acids is 4. The molecule has 0 unspecified atom stereocenters. The van der Waals surface area contributed by atoms with E-state index in [9.17, 15) is 19.2 Å². The zero-order valence-corrected chi connectivity index (χ0v) is 17.6. The number of anilines is 1. The van der Waals surface area contributed by atoms with Gasteiger partial charge in [0.1, 0.15) is 5.78 Å². The topological polar surface area (TPSA) is 92.3 Å². The van der Waals surface area contributed by atoms with Gasteiger partial charge in [-0.2, -0.15) is 0 Å². The summed E-state index contributed by atoms with van der Waals surface area (Å²) in [5, 5.41) is 5.48. The fourth-order valence-electron chi connectivity index (χ4n) is 2.68. The van der Waals surface area contributed by atoms with Crippen molar-refractivity contribution < 1.29 is 19.2 Å². The lowest BCUT2D eigenvalue weighted by Gasteiger charge is -2.11. The highest BCUT2D eigenvalue weighted by Crippen LogP contribution is 2.18. The highest BCUT2D eigenvalue weighted by atomic mass is 32.1. The van der Waals surface area contributed by atoms with E-state index in [0.717, 1.165) is 11.3 Å². The first-order chi connectivity index (χ1) is 13.9. The monoisotopic (exact) mass is 414 g/mol. The maximum atomic E-state index is 12.2. The molecule has 0 fully saturated rings. The van der Waals surface area contributed by atoms with Crippen molar-refractivity contribution in [2.24, 2.45) is 0 Å². The highest BCUT2D eigenvalue weighted by Gasteiger charge is 2.15. The maximum Gasteiger partial charge on any atom is 0.253 e. The Morgan fingerprint density at radius 1 is 0.931 bits per heavy atom. The first kappa shape index (κ1) is 22.5. The van der Waals surface area contributed by atoms with Crippen molar-refractivity contribution in [2.75, 3.05) is 11.9 Å². The number of ketones is 2. The molecule has 1 heterocycles. The third-order valence-electron chi connectivity index (χ3n) is 4.26. The molecule has 6 nitrogen and oxygen atoms in total. The normalized spacial score (nSPS) is 10.4. The van der Waals surface area contributed by atoms with Crippen LogP contribution in [0.2, 0.25) is 0 Å². The van der Waals surface area contributed by atoms with Gasteiger partial charge < -0.3 is 10.6 Å². The van der Waals surface area contributed by atoms with Gasteiger partial charge in [0.25, 0.3) is 5.91 Å². The van der Waals surface area contributed by atoms with Crippen LogP contribution >= 0.6 is 11.3 Å². The van der Waals surface area contributed by atoms with Crippen LogP contribution in [0.3, 0.4) is 0 Å². The summed E-state index contributed by atoms with van der Waals surface area (Å²) in [6.45, 7) is 4.44. The van der Waals surface area contributed by atoms with Crippen molar-refractivity contribution in [1.29, 1.82) is 0 Å². The number of thiophene rings is 1.